The number of benzene rings is 1. The minimum absolute atomic E-state index is 0.0121. The highest BCUT2D eigenvalue weighted by atomic mass is 16.3. The van der Waals surface area contributed by atoms with Crippen LogP contribution in [-0.4, -0.2) is 41.7 Å². The fourth-order valence-electron chi connectivity index (χ4n) is 3.66. The number of amides is 1. The Hall–Kier alpha value is -1.39. The van der Waals surface area contributed by atoms with E-state index in [1.807, 2.05) is 26.0 Å². The van der Waals surface area contributed by atoms with Gasteiger partial charge in [-0.2, -0.15) is 0 Å². The molecule has 0 aliphatic carbocycles. The van der Waals surface area contributed by atoms with Crippen molar-refractivity contribution in [2.24, 2.45) is 5.41 Å². The lowest BCUT2D eigenvalue weighted by atomic mass is 9.76. The van der Waals surface area contributed by atoms with Gasteiger partial charge < -0.3 is 10.4 Å². The van der Waals surface area contributed by atoms with E-state index in [2.05, 4.69) is 36.2 Å². The lowest BCUT2D eigenvalue weighted by Gasteiger charge is -2.42. The van der Waals surface area contributed by atoms with E-state index in [0.29, 0.717) is 0 Å². The smallest absolute Gasteiger partial charge is 0.237 e. The highest BCUT2D eigenvalue weighted by Crippen LogP contribution is 2.34. The van der Waals surface area contributed by atoms with Gasteiger partial charge >= 0.3 is 0 Å². The number of aliphatic hydroxyl groups is 1. The number of likely N-dealkylation sites (tertiary alicyclic amines) is 1. The molecule has 0 spiro atoms. The molecule has 1 aliphatic heterocycles. The van der Waals surface area contributed by atoms with Gasteiger partial charge in [0.1, 0.15) is 0 Å². The number of hydrogen-bond donors (Lipinski definition) is 2. The van der Waals surface area contributed by atoms with Crippen molar-refractivity contribution >= 4 is 5.91 Å². The van der Waals surface area contributed by atoms with E-state index in [1.54, 1.807) is 0 Å². The van der Waals surface area contributed by atoms with Crippen molar-refractivity contribution in [2.45, 2.75) is 59.0 Å². The van der Waals surface area contributed by atoms with Crippen molar-refractivity contribution in [3.8, 4) is 0 Å². The van der Waals surface area contributed by atoms with Crippen molar-refractivity contribution in [1.29, 1.82) is 0 Å². The lowest BCUT2D eigenvalue weighted by molar-refractivity contribution is -0.127. The minimum atomic E-state index is -0.134. The summed E-state index contributed by atoms with van der Waals surface area (Å²) in [5.41, 5.74) is 2.43. The quantitative estimate of drug-likeness (QED) is 0.842. The first kappa shape index (κ1) is 18.9. The summed E-state index contributed by atoms with van der Waals surface area (Å²) in [6.45, 7) is 10.2. The molecule has 1 saturated heterocycles. The molecule has 2 atom stereocenters. The molecule has 0 saturated carbocycles. The molecule has 4 nitrogen and oxygen atoms in total. The second kappa shape index (κ2) is 8.13. The van der Waals surface area contributed by atoms with Crippen LogP contribution in [0, 0.1) is 12.3 Å². The van der Waals surface area contributed by atoms with Crippen LogP contribution >= 0.6 is 0 Å². The molecule has 1 fully saturated rings. The Morgan fingerprint density at radius 2 is 1.92 bits per heavy atom. The Morgan fingerprint density at radius 1 is 1.29 bits per heavy atom. The third kappa shape index (κ3) is 4.17. The summed E-state index contributed by atoms with van der Waals surface area (Å²) < 4.78 is 0. The second-order valence-electron chi connectivity index (χ2n) is 7.31. The van der Waals surface area contributed by atoms with E-state index in [9.17, 15) is 9.90 Å². The maximum atomic E-state index is 12.6. The maximum Gasteiger partial charge on any atom is 0.237 e. The molecule has 134 valence electrons. The SMILES string of the molecule is CCC1(CO)CCN(C(C)C(=O)NC(C)c2ccccc2C)CC1. The predicted octanol–water partition coefficient (Wildman–Crippen LogP) is 3.05. The summed E-state index contributed by atoms with van der Waals surface area (Å²) in [4.78, 5) is 14.9. The Morgan fingerprint density at radius 3 is 2.46 bits per heavy atom. The zero-order chi connectivity index (χ0) is 17.7. The third-order valence-corrected chi connectivity index (χ3v) is 5.89. The van der Waals surface area contributed by atoms with Gasteiger partial charge in [-0.05, 0) is 69.7 Å². The van der Waals surface area contributed by atoms with E-state index >= 15 is 0 Å². The Bertz CT molecular complexity index is 544. The molecule has 0 bridgehead atoms. The first-order chi connectivity index (χ1) is 11.4. The molecule has 2 N–H and O–H groups in total. The number of aliphatic hydroxyl groups excluding tert-OH is 1. The number of aryl methyl sites for hydroxylation is 1. The van der Waals surface area contributed by atoms with Crippen LogP contribution in [0.25, 0.3) is 0 Å². The van der Waals surface area contributed by atoms with Gasteiger partial charge in [0, 0.05) is 6.61 Å². The van der Waals surface area contributed by atoms with Crippen molar-refractivity contribution in [2.75, 3.05) is 19.7 Å². The molecular formula is C20H32N2O2. The molecule has 1 aliphatic rings. The third-order valence-electron chi connectivity index (χ3n) is 5.89. The molecule has 2 unspecified atom stereocenters. The molecular weight excluding hydrogens is 300 g/mol. The summed E-state index contributed by atoms with van der Waals surface area (Å²) in [5.74, 6) is 0.0822. The normalized spacial score (nSPS) is 20.4. The summed E-state index contributed by atoms with van der Waals surface area (Å²) in [7, 11) is 0. The van der Waals surface area contributed by atoms with Crippen LogP contribution in [-0.2, 0) is 4.79 Å². The van der Waals surface area contributed by atoms with Crippen molar-refractivity contribution in [1.82, 2.24) is 10.2 Å². The van der Waals surface area contributed by atoms with Crippen molar-refractivity contribution in [3.63, 3.8) is 0 Å². The van der Waals surface area contributed by atoms with E-state index in [0.717, 1.165) is 32.4 Å². The molecule has 1 aromatic rings. The first-order valence-electron chi connectivity index (χ1n) is 9.13. The molecule has 0 radical (unpaired) electrons. The van der Waals surface area contributed by atoms with Crippen LogP contribution < -0.4 is 5.32 Å². The fourth-order valence-corrected chi connectivity index (χ4v) is 3.66. The van der Waals surface area contributed by atoms with E-state index in [1.165, 1.54) is 11.1 Å². The Labute approximate surface area is 146 Å². The van der Waals surface area contributed by atoms with E-state index < -0.39 is 0 Å². The molecule has 24 heavy (non-hydrogen) atoms. The lowest BCUT2D eigenvalue weighted by Crippen LogP contribution is -2.51. The number of nitrogens with one attached hydrogen (secondary N) is 1. The van der Waals surface area contributed by atoms with Gasteiger partial charge in [0.2, 0.25) is 5.91 Å². The Kier molecular flexibility index (Phi) is 6.41. The van der Waals surface area contributed by atoms with E-state index in [4.69, 9.17) is 0 Å². The molecule has 4 heteroatoms. The van der Waals surface area contributed by atoms with E-state index in [-0.39, 0.29) is 30.0 Å². The number of rotatable bonds is 6. The molecule has 0 aromatic heterocycles. The topological polar surface area (TPSA) is 52.6 Å². The first-order valence-corrected chi connectivity index (χ1v) is 9.13. The van der Waals surface area contributed by atoms with Gasteiger partial charge in [-0.25, -0.2) is 0 Å². The number of carbonyl (C=O) groups excluding carboxylic acids is 1. The van der Waals surface area contributed by atoms with Crippen LogP contribution in [0.3, 0.4) is 0 Å². The fraction of sp³-hybridized carbons (Fsp3) is 0.650. The predicted molar refractivity (Wildman–Crippen MR) is 97.8 cm³/mol. The van der Waals surface area contributed by atoms with Crippen molar-refractivity contribution in [3.05, 3.63) is 35.4 Å². The Balaban J connectivity index is 1.92. The van der Waals surface area contributed by atoms with Gasteiger partial charge in [0.25, 0.3) is 0 Å². The summed E-state index contributed by atoms with van der Waals surface area (Å²) in [6.07, 6.45) is 2.93. The van der Waals surface area contributed by atoms with Gasteiger partial charge in [-0.3, -0.25) is 9.69 Å². The zero-order valence-corrected chi connectivity index (χ0v) is 15.5. The van der Waals surface area contributed by atoms with Gasteiger partial charge in [0.05, 0.1) is 12.1 Å². The highest BCUT2D eigenvalue weighted by Gasteiger charge is 2.35. The zero-order valence-electron chi connectivity index (χ0n) is 15.5. The molecule has 1 aromatic carbocycles. The molecule has 2 rings (SSSR count). The average Bonchev–Trinajstić information content (AvgIpc) is 2.61. The van der Waals surface area contributed by atoms with Crippen LogP contribution in [0.15, 0.2) is 24.3 Å². The second-order valence-corrected chi connectivity index (χ2v) is 7.31. The average molecular weight is 332 g/mol. The standard InChI is InChI=1S/C20H32N2O2/c1-5-20(14-23)10-12-22(13-11-20)17(4)19(24)21-16(3)18-9-7-6-8-15(18)2/h6-9,16-17,23H,5,10-14H2,1-4H3,(H,21,24). The van der Waals surface area contributed by atoms with Gasteiger partial charge in [0.15, 0.2) is 0 Å². The van der Waals surface area contributed by atoms with Gasteiger partial charge in [-0.1, -0.05) is 31.2 Å². The highest BCUT2D eigenvalue weighted by molar-refractivity contribution is 5.81. The van der Waals surface area contributed by atoms with Crippen LogP contribution in [0.1, 0.15) is 57.2 Å². The number of hydrogen-bond acceptors (Lipinski definition) is 3. The summed E-state index contributed by atoms with van der Waals surface area (Å²) in [5, 5.41) is 12.8. The minimum Gasteiger partial charge on any atom is -0.396 e. The van der Waals surface area contributed by atoms with Crippen LogP contribution in [0.4, 0.5) is 0 Å². The van der Waals surface area contributed by atoms with Crippen molar-refractivity contribution < 1.29 is 9.90 Å². The number of carbonyl (C=O) groups is 1. The molecule has 1 amide bonds. The largest absolute Gasteiger partial charge is 0.396 e. The monoisotopic (exact) mass is 332 g/mol. The number of piperidine rings is 1. The summed E-state index contributed by atoms with van der Waals surface area (Å²) >= 11 is 0. The van der Waals surface area contributed by atoms with Crippen LogP contribution in [0.5, 0.6) is 0 Å². The summed E-state index contributed by atoms with van der Waals surface area (Å²) in [6, 6.07) is 8.06. The van der Waals surface area contributed by atoms with Crippen LogP contribution in [0.2, 0.25) is 0 Å². The maximum absolute atomic E-state index is 12.6. The number of nitrogens with zero attached hydrogens (tertiary/aromatic N) is 1. The molecule has 1 heterocycles. The van der Waals surface area contributed by atoms with Gasteiger partial charge in [-0.15, -0.1) is 0 Å².